The monoisotopic (exact) mass is 278 g/mol. The highest BCUT2D eigenvalue weighted by Gasteiger charge is 2.43. The van der Waals surface area contributed by atoms with Gasteiger partial charge in [-0.25, -0.2) is 0 Å². The minimum atomic E-state index is -4.07. The van der Waals surface area contributed by atoms with Crippen LogP contribution in [0.3, 0.4) is 0 Å². The maximum Gasteiger partial charge on any atom is 0.391 e. The molecule has 1 aromatic heterocycles. The van der Waals surface area contributed by atoms with Crippen molar-refractivity contribution in [3.05, 3.63) is 16.6 Å². The van der Waals surface area contributed by atoms with Crippen molar-refractivity contribution in [2.75, 3.05) is 0 Å². The minimum Gasteiger partial charge on any atom is -0.327 e. The lowest BCUT2D eigenvalue weighted by atomic mass is 9.77. The molecule has 0 amide bonds. The number of aromatic nitrogens is 1. The van der Waals surface area contributed by atoms with Crippen LogP contribution < -0.4 is 5.73 Å². The maximum absolute atomic E-state index is 12.7. The summed E-state index contributed by atoms with van der Waals surface area (Å²) in [5, 5.41) is 0. The van der Waals surface area contributed by atoms with Crippen molar-refractivity contribution in [3.8, 4) is 0 Å². The predicted molar refractivity (Wildman–Crippen MR) is 65.3 cm³/mol. The van der Waals surface area contributed by atoms with Crippen LogP contribution in [0.1, 0.15) is 30.6 Å². The summed E-state index contributed by atoms with van der Waals surface area (Å²) in [7, 11) is 0. The van der Waals surface area contributed by atoms with Gasteiger partial charge in [0.05, 0.1) is 11.4 Å². The normalized spacial score (nSPS) is 27.1. The van der Waals surface area contributed by atoms with E-state index < -0.39 is 12.1 Å². The van der Waals surface area contributed by atoms with Gasteiger partial charge in [-0.3, -0.25) is 4.98 Å². The average molecular weight is 278 g/mol. The first kappa shape index (κ1) is 13.8. The van der Waals surface area contributed by atoms with Gasteiger partial charge in [-0.15, -0.1) is 11.3 Å². The van der Waals surface area contributed by atoms with Crippen molar-refractivity contribution in [3.63, 3.8) is 0 Å². The Morgan fingerprint density at radius 1 is 1.44 bits per heavy atom. The van der Waals surface area contributed by atoms with Gasteiger partial charge < -0.3 is 5.73 Å². The molecule has 1 aromatic rings. The summed E-state index contributed by atoms with van der Waals surface area (Å²) >= 11 is 1.51. The molecule has 0 saturated heterocycles. The summed E-state index contributed by atoms with van der Waals surface area (Å²) in [6, 6.07) is -0.185. The third-order valence-electron chi connectivity index (χ3n) is 3.70. The summed E-state index contributed by atoms with van der Waals surface area (Å²) < 4.78 is 38.1. The Morgan fingerprint density at radius 3 is 2.83 bits per heavy atom. The number of halogens is 3. The van der Waals surface area contributed by atoms with Crippen LogP contribution in [0.2, 0.25) is 0 Å². The molecule has 102 valence electrons. The molecule has 3 atom stereocenters. The van der Waals surface area contributed by atoms with Crippen LogP contribution in [0.5, 0.6) is 0 Å². The number of hydrogen-bond donors (Lipinski definition) is 1. The van der Waals surface area contributed by atoms with Gasteiger partial charge in [-0.2, -0.15) is 13.2 Å². The third kappa shape index (κ3) is 3.45. The number of hydrogen-bond acceptors (Lipinski definition) is 3. The van der Waals surface area contributed by atoms with E-state index in [1.165, 1.54) is 11.3 Å². The second-order valence-corrected chi connectivity index (χ2v) is 5.97. The van der Waals surface area contributed by atoms with Crippen molar-refractivity contribution in [1.29, 1.82) is 0 Å². The lowest BCUT2D eigenvalue weighted by molar-refractivity contribution is -0.186. The zero-order chi connectivity index (χ0) is 13.2. The van der Waals surface area contributed by atoms with Gasteiger partial charge in [0.1, 0.15) is 0 Å². The fourth-order valence-corrected chi connectivity index (χ4v) is 3.32. The molecule has 1 heterocycles. The van der Waals surface area contributed by atoms with Gasteiger partial charge in [0.2, 0.25) is 0 Å². The van der Waals surface area contributed by atoms with E-state index in [9.17, 15) is 13.2 Å². The van der Waals surface area contributed by atoms with E-state index in [4.69, 9.17) is 5.73 Å². The van der Waals surface area contributed by atoms with E-state index in [0.29, 0.717) is 12.8 Å². The molecule has 6 heteroatoms. The summed E-state index contributed by atoms with van der Waals surface area (Å²) in [5.74, 6) is -1.18. The Kier molecular flexibility index (Phi) is 4.27. The average Bonchev–Trinajstić information content (AvgIpc) is 2.81. The molecular weight excluding hydrogens is 261 g/mol. The van der Waals surface area contributed by atoms with Crippen molar-refractivity contribution in [1.82, 2.24) is 4.98 Å². The molecule has 0 radical (unpaired) electrons. The molecule has 1 aliphatic rings. The first-order valence-electron chi connectivity index (χ1n) is 6.16. The summed E-state index contributed by atoms with van der Waals surface area (Å²) in [6.45, 7) is 0. The van der Waals surface area contributed by atoms with Crippen molar-refractivity contribution in [2.24, 2.45) is 17.6 Å². The lowest BCUT2D eigenvalue weighted by Gasteiger charge is -2.33. The van der Waals surface area contributed by atoms with Crippen LogP contribution in [-0.4, -0.2) is 17.2 Å². The quantitative estimate of drug-likeness (QED) is 0.920. The number of thiazole rings is 1. The minimum absolute atomic E-state index is 0.0209. The van der Waals surface area contributed by atoms with Gasteiger partial charge in [-0.05, 0) is 31.6 Å². The molecule has 18 heavy (non-hydrogen) atoms. The highest BCUT2D eigenvalue weighted by molar-refractivity contribution is 7.09. The molecule has 2 nitrogen and oxygen atoms in total. The molecule has 0 spiro atoms. The number of alkyl halides is 3. The molecule has 1 aliphatic carbocycles. The van der Waals surface area contributed by atoms with Crippen LogP contribution in [0.25, 0.3) is 0 Å². The zero-order valence-electron chi connectivity index (χ0n) is 9.99. The SMILES string of the molecule is NC(Cc1cncs1)C1CCCC(C(F)(F)F)C1. The number of nitrogens with two attached hydrogens (primary N) is 1. The second-order valence-electron chi connectivity index (χ2n) is 5.00. The first-order chi connectivity index (χ1) is 8.47. The fourth-order valence-electron chi connectivity index (χ4n) is 2.66. The molecule has 1 fully saturated rings. The van der Waals surface area contributed by atoms with Gasteiger partial charge >= 0.3 is 6.18 Å². The molecule has 2 rings (SSSR count). The zero-order valence-corrected chi connectivity index (χ0v) is 10.8. The van der Waals surface area contributed by atoms with Gasteiger partial charge in [0.15, 0.2) is 0 Å². The van der Waals surface area contributed by atoms with Gasteiger partial charge in [-0.1, -0.05) is 6.42 Å². The lowest BCUT2D eigenvalue weighted by Crippen LogP contribution is -2.38. The van der Waals surface area contributed by atoms with Gasteiger partial charge in [0.25, 0.3) is 0 Å². The molecular formula is C12H17F3N2S. The summed E-state index contributed by atoms with van der Waals surface area (Å²) in [5.41, 5.74) is 7.78. The largest absolute Gasteiger partial charge is 0.391 e. The van der Waals surface area contributed by atoms with Crippen LogP contribution in [0.15, 0.2) is 11.7 Å². The topological polar surface area (TPSA) is 38.9 Å². The maximum atomic E-state index is 12.7. The fraction of sp³-hybridized carbons (Fsp3) is 0.750. The van der Waals surface area contributed by atoms with Crippen molar-refractivity contribution < 1.29 is 13.2 Å². The molecule has 0 aromatic carbocycles. The van der Waals surface area contributed by atoms with Crippen LogP contribution in [0.4, 0.5) is 13.2 Å². The van der Waals surface area contributed by atoms with E-state index in [-0.39, 0.29) is 24.8 Å². The van der Waals surface area contributed by atoms with Gasteiger partial charge in [0, 0.05) is 17.1 Å². The molecule has 1 saturated carbocycles. The third-order valence-corrected chi connectivity index (χ3v) is 4.51. The first-order valence-corrected chi connectivity index (χ1v) is 7.04. The van der Waals surface area contributed by atoms with E-state index in [1.807, 2.05) is 0 Å². The predicted octanol–water partition coefficient (Wildman–Crippen LogP) is 3.38. The standard InChI is InChI=1S/C12H17F3N2S/c13-12(14,15)9-3-1-2-8(4-9)11(16)5-10-6-17-7-18-10/h6-9,11H,1-5,16H2. The number of rotatable bonds is 3. The Bertz CT molecular complexity index is 364. The Balaban J connectivity index is 1.92. The van der Waals surface area contributed by atoms with Crippen LogP contribution in [0, 0.1) is 11.8 Å². The summed E-state index contributed by atoms with van der Waals surface area (Å²) in [4.78, 5) is 5.01. The summed E-state index contributed by atoms with van der Waals surface area (Å²) in [6.07, 6.45) is 0.200. The number of nitrogens with zero attached hydrogens (tertiary/aromatic N) is 1. The van der Waals surface area contributed by atoms with E-state index in [2.05, 4.69) is 4.98 Å². The Labute approximate surface area is 108 Å². The van der Waals surface area contributed by atoms with Crippen LogP contribution in [-0.2, 0) is 6.42 Å². The van der Waals surface area contributed by atoms with Crippen molar-refractivity contribution >= 4 is 11.3 Å². The Morgan fingerprint density at radius 2 is 2.22 bits per heavy atom. The molecule has 3 unspecified atom stereocenters. The van der Waals surface area contributed by atoms with Crippen molar-refractivity contribution in [2.45, 2.75) is 44.3 Å². The molecule has 2 N–H and O–H groups in total. The molecule has 0 aliphatic heterocycles. The van der Waals surface area contributed by atoms with E-state index in [0.717, 1.165) is 11.3 Å². The highest BCUT2D eigenvalue weighted by atomic mass is 32.1. The second kappa shape index (κ2) is 5.57. The smallest absolute Gasteiger partial charge is 0.327 e. The van der Waals surface area contributed by atoms with E-state index >= 15 is 0 Å². The van der Waals surface area contributed by atoms with Crippen LogP contribution >= 0.6 is 11.3 Å². The highest BCUT2D eigenvalue weighted by Crippen LogP contribution is 2.41. The Hall–Kier alpha value is -0.620. The van der Waals surface area contributed by atoms with E-state index in [1.54, 1.807) is 11.7 Å². The molecule has 0 bridgehead atoms.